The van der Waals surface area contributed by atoms with E-state index in [1.54, 1.807) is 14.2 Å². The number of rotatable bonds is 3. The van der Waals surface area contributed by atoms with Crippen molar-refractivity contribution in [2.24, 2.45) is 5.92 Å². The van der Waals surface area contributed by atoms with Crippen LogP contribution in [0.1, 0.15) is 27.8 Å². The molecule has 0 saturated carbocycles. The molecule has 0 saturated heterocycles. The third-order valence-corrected chi connectivity index (χ3v) is 5.34. The van der Waals surface area contributed by atoms with E-state index in [-0.39, 0.29) is 12.2 Å². The summed E-state index contributed by atoms with van der Waals surface area (Å²) in [6, 6.07) is 15.4. The Morgan fingerprint density at radius 3 is 2.48 bits per heavy atom. The van der Waals surface area contributed by atoms with Gasteiger partial charge in [-0.15, -0.1) is 0 Å². The van der Waals surface area contributed by atoms with E-state index in [0.29, 0.717) is 0 Å². The highest BCUT2D eigenvalue weighted by Gasteiger charge is 2.37. The lowest BCUT2D eigenvalue weighted by molar-refractivity contribution is -0.128. The Bertz CT molecular complexity index is 784. The Morgan fingerprint density at radius 1 is 0.957 bits per heavy atom. The van der Waals surface area contributed by atoms with Gasteiger partial charge < -0.3 is 9.47 Å². The minimum absolute atomic E-state index is 0.192. The lowest BCUT2D eigenvalue weighted by Crippen LogP contribution is -2.31. The van der Waals surface area contributed by atoms with Crippen LogP contribution in [0, 0.1) is 12.8 Å². The van der Waals surface area contributed by atoms with Crippen LogP contribution in [-0.2, 0) is 22.3 Å². The predicted molar refractivity (Wildman–Crippen MR) is 92.3 cm³/mol. The molecule has 1 atom stereocenters. The molecule has 0 fully saturated rings. The van der Waals surface area contributed by atoms with Crippen LogP contribution >= 0.6 is 0 Å². The quantitative estimate of drug-likeness (QED) is 0.793. The van der Waals surface area contributed by atoms with Crippen molar-refractivity contribution in [3.63, 3.8) is 0 Å². The average molecular weight is 306 g/mol. The summed E-state index contributed by atoms with van der Waals surface area (Å²) < 4.78 is 11.3. The predicted octanol–water partition coefficient (Wildman–Crippen LogP) is 4.14. The number of hydrogen-bond donors (Lipinski definition) is 0. The third kappa shape index (κ3) is 2.17. The van der Waals surface area contributed by atoms with E-state index in [1.807, 2.05) is 0 Å². The van der Waals surface area contributed by atoms with Gasteiger partial charge in [-0.05, 0) is 58.7 Å². The fraction of sp³-hybridized carbons (Fsp3) is 0.333. The van der Waals surface area contributed by atoms with E-state index in [1.165, 1.54) is 39.0 Å². The maximum atomic E-state index is 5.63. The summed E-state index contributed by atoms with van der Waals surface area (Å²) in [7, 11) is 3.48. The Kier molecular flexibility index (Phi) is 3.59. The molecular weight excluding hydrogens is 284 g/mol. The van der Waals surface area contributed by atoms with Crippen LogP contribution in [-0.4, -0.2) is 20.5 Å². The Labute approximate surface area is 137 Å². The molecule has 0 heterocycles. The lowest BCUT2D eigenvalue weighted by atomic mass is 9.78. The molecule has 0 spiro atoms. The van der Waals surface area contributed by atoms with Crippen molar-refractivity contribution in [2.75, 3.05) is 14.2 Å². The van der Waals surface area contributed by atoms with Crippen LogP contribution < -0.4 is 0 Å². The van der Waals surface area contributed by atoms with Gasteiger partial charge in [-0.25, -0.2) is 0 Å². The minimum atomic E-state index is -0.192. The highest BCUT2D eigenvalue weighted by Crippen LogP contribution is 2.47. The maximum Gasteiger partial charge on any atom is 0.163 e. The van der Waals surface area contributed by atoms with Gasteiger partial charge in [-0.3, -0.25) is 0 Å². The van der Waals surface area contributed by atoms with E-state index in [4.69, 9.17) is 9.47 Å². The van der Waals surface area contributed by atoms with Gasteiger partial charge in [0.05, 0.1) is 0 Å². The molecule has 0 amide bonds. The molecule has 2 heteroatoms. The molecule has 0 radical (unpaired) electrons. The Balaban J connectivity index is 1.93. The van der Waals surface area contributed by atoms with Gasteiger partial charge >= 0.3 is 0 Å². The number of fused-ring (bicyclic) bond motifs is 4. The molecule has 2 aromatic rings. The van der Waals surface area contributed by atoms with Crippen molar-refractivity contribution in [3.8, 4) is 0 Å². The second-order valence-corrected chi connectivity index (χ2v) is 6.49. The Hall–Kier alpha value is -1.90. The first kappa shape index (κ1) is 14.7. The molecule has 4 rings (SSSR count). The van der Waals surface area contributed by atoms with Crippen LogP contribution in [0.4, 0.5) is 0 Å². The summed E-state index contributed by atoms with van der Waals surface area (Å²) in [5.41, 5.74) is 9.89. The molecule has 2 aromatic carbocycles. The van der Waals surface area contributed by atoms with Gasteiger partial charge in [0.1, 0.15) is 0 Å². The lowest BCUT2D eigenvalue weighted by Gasteiger charge is -2.32. The fourth-order valence-corrected chi connectivity index (χ4v) is 4.25. The van der Waals surface area contributed by atoms with Crippen molar-refractivity contribution in [1.82, 2.24) is 0 Å². The zero-order valence-corrected chi connectivity index (χ0v) is 13.9. The van der Waals surface area contributed by atoms with Gasteiger partial charge in [0, 0.05) is 20.1 Å². The van der Waals surface area contributed by atoms with Crippen molar-refractivity contribution in [1.29, 1.82) is 0 Å². The van der Waals surface area contributed by atoms with Gasteiger partial charge in [0.25, 0.3) is 0 Å². The molecule has 0 N–H and O–H groups in total. The molecule has 2 aliphatic carbocycles. The fourth-order valence-electron chi connectivity index (χ4n) is 4.25. The molecule has 0 bridgehead atoms. The standard InChI is InChI=1S/C21H22O2/c1-13-7-6-10-16-17(13)12-18-19(21(22-2)23-3)11-14-8-4-5-9-15(14)20(16)18/h4-10,19,21H,11-12H2,1-3H3. The summed E-state index contributed by atoms with van der Waals surface area (Å²) in [5, 5.41) is 0. The van der Waals surface area contributed by atoms with Crippen molar-refractivity contribution < 1.29 is 9.47 Å². The monoisotopic (exact) mass is 306 g/mol. The first-order valence-electron chi connectivity index (χ1n) is 8.20. The Morgan fingerprint density at radius 2 is 1.70 bits per heavy atom. The van der Waals surface area contributed by atoms with Crippen molar-refractivity contribution >= 4 is 5.57 Å². The van der Waals surface area contributed by atoms with Gasteiger partial charge in [0.15, 0.2) is 6.29 Å². The number of aryl methyl sites for hydroxylation is 1. The van der Waals surface area contributed by atoms with Crippen molar-refractivity contribution in [3.05, 3.63) is 75.9 Å². The van der Waals surface area contributed by atoms with Crippen molar-refractivity contribution in [2.45, 2.75) is 26.1 Å². The number of ether oxygens (including phenoxy) is 2. The van der Waals surface area contributed by atoms with Gasteiger partial charge in [-0.2, -0.15) is 0 Å². The van der Waals surface area contributed by atoms with Crippen LogP contribution in [0.15, 0.2) is 48.0 Å². The summed E-state index contributed by atoms with van der Waals surface area (Å²) in [6.07, 6.45) is 1.80. The zero-order chi connectivity index (χ0) is 16.0. The highest BCUT2D eigenvalue weighted by atomic mass is 16.7. The van der Waals surface area contributed by atoms with Crippen LogP contribution in [0.25, 0.3) is 5.57 Å². The summed E-state index contributed by atoms with van der Waals surface area (Å²) in [5.74, 6) is 0.279. The van der Waals surface area contributed by atoms with Gasteiger partial charge in [-0.1, -0.05) is 42.5 Å². The number of hydrogen-bond acceptors (Lipinski definition) is 2. The molecule has 23 heavy (non-hydrogen) atoms. The molecule has 2 nitrogen and oxygen atoms in total. The molecular formula is C21H22O2. The molecule has 2 aliphatic rings. The minimum Gasteiger partial charge on any atom is -0.355 e. The summed E-state index contributed by atoms with van der Waals surface area (Å²) in [6.45, 7) is 2.21. The average Bonchev–Trinajstić information content (AvgIpc) is 2.97. The largest absolute Gasteiger partial charge is 0.355 e. The van der Waals surface area contributed by atoms with Gasteiger partial charge in [0.2, 0.25) is 0 Å². The van der Waals surface area contributed by atoms with E-state index in [0.717, 1.165) is 12.8 Å². The summed E-state index contributed by atoms with van der Waals surface area (Å²) >= 11 is 0. The number of benzene rings is 2. The van der Waals surface area contributed by atoms with E-state index >= 15 is 0 Å². The first-order chi connectivity index (χ1) is 11.2. The van der Waals surface area contributed by atoms with Crippen LogP contribution in [0.3, 0.4) is 0 Å². The highest BCUT2D eigenvalue weighted by molar-refractivity contribution is 5.90. The summed E-state index contributed by atoms with van der Waals surface area (Å²) in [4.78, 5) is 0. The first-order valence-corrected chi connectivity index (χ1v) is 8.20. The van der Waals surface area contributed by atoms with E-state index in [9.17, 15) is 0 Å². The van der Waals surface area contributed by atoms with Crippen LogP contribution in [0.2, 0.25) is 0 Å². The molecule has 0 aliphatic heterocycles. The normalized spacial score (nSPS) is 18.9. The second-order valence-electron chi connectivity index (χ2n) is 6.49. The SMILES string of the molecule is COC(OC)C1Cc2ccccc2C2=C1Cc1c(C)cccc12. The van der Waals surface area contributed by atoms with E-state index in [2.05, 4.69) is 49.4 Å². The topological polar surface area (TPSA) is 18.5 Å². The molecule has 118 valence electrons. The smallest absolute Gasteiger partial charge is 0.163 e. The van der Waals surface area contributed by atoms with E-state index < -0.39 is 0 Å². The maximum absolute atomic E-state index is 5.63. The van der Waals surface area contributed by atoms with Crippen LogP contribution in [0.5, 0.6) is 0 Å². The number of methoxy groups -OCH3 is 2. The zero-order valence-electron chi connectivity index (χ0n) is 13.9. The molecule has 0 aromatic heterocycles. The molecule has 1 unspecified atom stereocenters. The second kappa shape index (κ2) is 5.63. The third-order valence-electron chi connectivity index (χ3n) is 5.34.